The molecule has 0 fully saturated rings. The van der Waals surface area contributed by atoms with E-state index in [1.54, 1.807) is 0 Å². The molecule has 0 aromatic heterocycles. The summed E-state index contributed by atoms with van der Waals surface area (Å²) in [5.41, 5.74) is 8.40. The molecule has 19 heavy (non-hydrogen) atoms. The summed E-state index contributed by atoms with van der Waals surface area (Å²) < 4.78 is 5.94. The van der Waals surface area contributed by atoms with Crippen LogP contribution in [0.2, 0.25) is 0 Å². The van der Waals surface area contributed by atoms with Gasteiger partial charge in [-0.1, -0.05) is 43.4 Å². The van der Waals surface area contributed by atoms with Gasteiger partial charge in [0.25, 0.3) is 0 Å². The van der Waals surface area contributed by atoms with Crippen molar-refractivity contribution >= 4 is 17.2 Å². The van der Waals surface area contributed by atoms with Gasteiger partial charge in [-0.2, -0.15) is 0 Å². The first-order valence-corrected chi connectivity index (χ1v) is 7.31. The van der Waals surface area contributed by atoms with E-state index < -0.39 is 0 Å². The molecule has 1 aromatic carbocycles. The van der Waals surface area contributed by atoms with E-state index in [-0.39, 0.29) is 6.10 Å². The Morgan fingerprint density at radius 2 is 2.26 bits per heavy atom. The van der Waals surface area contributed by atoms with Crippen LogP contribution in [0, 0.1) is 0 Å². The van der Waals surface area contributed by atoms with Gasteiger partial charge in [-0.3, -0.25) is 4.90 Å². The van der Waals surface area contributed by atoms with Gasteiger partial charge in [0.2, 0.25) is 0 Å². The first-order valence-electron chi connectivity index (χ1n) is 6.90. The van der Waals surface area contributed by atoms with Crippen molar-refractivity contribution in [3.63, 3.8) is 0 Å². The molecule has 4 heteroatoms. The van der Waals surface area contributed by atoms with E-state index in [9.17, 15) is 0 Å². The number of ether oxygens (including phenoxy) is 1. The third-order valence-corrected chi connectivity index (χ3v) is 3.56. The molecule has 2 N–H and O–H groups in total. The number of hydrogen-bond donors (Lipinski definition) is 1. The van der Waals surface area contributed by atoms with E-state index in [1.165, 1.54) is 11.1 Å². The molecule has 0 bridgehead atoms. The third kappa shape index (κ3) is 4.00. The Labute approximate surface area is 120 Å². The maximum absolute atomic E-state index is 5.94. The molecule has 1 aliphatic rings. The predicted molar refractivity (Wildman–Crippen MR) is 82.4 cm³/mol. The lowest BCUT2D eigenvalue weighted by molar-refractivity contribution is 0.0190. The zero-order chi connectivity index (χ0) is 13.7. The number of nitrogens with two attached hydrogens (primary N) is 1. The van der Waals surface area contributed by atoms with Crippen LogP contribution in [0.4, 0.5) is 0 Å². The maximum atomic E-state index is 5.94. The maximum Gasteiger partial charge on any atom is 0.0954 e. The van der Waals surface area contributed by atoms with Crippen LogP contribution >= 0.6 is 12.2 Å². The molecule has 0 radical (unpaired) electrons. The largest absolute Gasteiger partial charge is 0.392 e. The summed E-state index contributed by atoms with van der Waals surface area (Å²) in [7, 11) is 0. The quantitative estimate of drug-likeness (QED) is 0.810. The predicted octanol–water partition coefficient (Wildman–Crippen LogP) is 2.30. The second-order valence-corrected chi connectivity index (χ2v) is 5.53. The highest BCUT2D eigenvalue weighted by Gasteiger charge is 2.22. The Bertz CT molecular complexity index is 436. The van der Waals surface area contributed by atoms with E-state index in [0.717, 1.165) is 32.5 Å². The van der Waals surface area contributed by atoms with Gasteiger partial charge < -0.3 is 10.5 Å². The fourth-order valence-electron chi connectivity index (χ4n) is 2.63. The van der Waals surface area contributed by atoms with E-state index in [2.05, 4.69) is 36.1 Å². The highest BCUT2D eigenvalue weighted by molar-refractivity contribution is 7.80. The zero-order valence-corrected chi connectivity index (χ0v) is 12.3. The van der Waals surface area contributed by atoms with Crippen molar-refractivity contribution in [2.24, 2.45) is 5.73 Å². The third-order valence-electron chi connectivity index (χ3n) is 3.44. The fraction of sp³-hybridized carbons (Fsp3) is 0.533. The van der Waals surface area contributed by atoms with Gasteiger partial charge in [0.1, 0.15) is 0 Å². The molecule has 2 rings (SSSR count). The number of hydrogen-bond acceptors (Lipinski definition) is 3. The van der Waals surface area contributed by atoms with Crippen LogP contribution in [-0.4, -0.2) is 36.1 Å². The second-order valence-electron chi connectivity index (χ2n) is 5.01. The van der Waals surface area contributed by atoms with Crippen molar-refractivity contribution in [2.75, 3.05) is 26.2 Å². The Morgan fingerprint density at radius 1 is 1.47 bits per heavy atom. The zero-order valence-electron chi connectivity index (χ0n) is 11.5. The molecule has 1 atom stereocenters. The Balaban J connectivity index is 2.07. The number of nitrogens with zero attached hydrogens (tertiary/aromatic N) is 1. The lowest BCUT2D eigenvalue weighted by Crippen LogP contribution is -2.38. The molecular weight excluding hydrogens is 256 g/mol. The molecule has 0 saturated heterocycles. The van der Waals surface area contributed by atoms with Gasteiger partial charge in [0.15, 0.2) is 0 Å². The van der Waals surface area contributed by atoms with Crippen molar-refractivity contribution in [3.8, 4) is 0 Å². The van der Waals surface area contributed by atoms with Crippen LogP contribution in [0.15, 0.2) is 24.3 Å². The lowest BCUT2D eigenvalue weighted by Gasteiger charge is -2.31. The highest BCUT2D eigenvalue weighted by Crippen LogP contribution is 2.27. The minimum Gasteiger partial charge on any atom is -0.392 e. The minimum atomic E-state index is 0.144. The van der Waals surface area contributed by atoms with E-state index in [4.69, 9.17) is 22.7 Å². The smallest absolute Gasteiger partial charge is 0.0954 e. The Hall–Kier alpha value is -0.970. The van der Waals surface area contributed by atoms with Crippen LogP contribution in [0.1, 0.15) is 30.6 Å². The van der Waals surface area contributed by atoms with Crippen LogP contribution in [-0.2, 0) is 11.2 Å². The van der Waals surface area contributed by atoms with Crippen molar-refractivity contribution in [2.45, 2.75) is 25.9 Å². The lowest BCUT2D eigenvalue weighted by atomic mass is 9.97. The SMILES string of the molecule is CCCN(CC(N)=S)CC1OCCc2ccccc21. The van der Waals surface area contributed by atoms with Gasteiger partial charge in [-0.05, 0) is 30.5 Å². The molecule has 1 aromatic rings. The van der Waals surface area contributed by atoms with Crippen LogP contribution in [0.25, 0.3) is 0 Å². The average molecular weight is 278 g/mol. The Kier molecular flexibility index (Phi) is 5.31. The van der Waals surface area contributed by atoms with Crippen LogP contribution < -0.4 is 5.73 Å². The normalized spacial score (nSPS) is 18.3. The summed E-state index contributed by atoms with van der Waals surface area (Å²) in [6, 6.07) is 8.55. The summed E-state index contributed by atoms with van der Waals surface area (Å²) >= 11 is 5.03. The van der Waals surface area contributed by atoms with Crippen LogP contribution in [0.3, 0.4) is 0 Å². The molecular formula is C15H22N2OS. The summed E-state index contributed by atoms with van der Waals surface area (Å²) in [4.78, 5) is 2.84. The van der Waals surface area contributed by atoms with Crippen molar-refractivity contribution < 1.29 is 4.74 Å². The van der Waals surface area contributed by atoms with E-state index in [0.29, 0.717) is 11.5 Å². The molecule has 1 aliphatic heterocycles. The number of thiocarbonyl (C=S) groups is 1. The van der Waals surface area contributed by atoms with Gasteiger partial charge in [0.05, 0.1) is 17.7 Å². The molecule has 1 unspecified atom stereocenters. The van der Waals surface area contributed by atoms with E-state index in [1.807, 2.05) is 0 Å². The summed E-state index contributed by atoms with van der Waals surface area (Å²) in [6.45, 7) is 5.50. The summed E-state index contributed by atoms with van der Waals surface area (Å²) in [5.74, 6) is 0. The molecule has 0 aliphatic carbocycles. The molecule has 0 amide bonds. The second kappa shape index (κ2) is 6.98. The first-order chi connectivity index (χ1) is 9.20. The highest BCUT2D eigenvalue weighted by atomic mass is 32.1. The first kappa shape index (κ1) is 14.4. The number of benzene rings is 1. The van der Waals surface area contributed by atoms with E-state index >= 15 is 0 Å². The number of rotatable bonds is 6. The fourth-order valence-corrected chi connectivity index (χ4v) is 2.82. The monoisotopic (exact) mass is 278 g/mol. The van der Waals surface area contributed by atoms with Crippen molar-refractivity contribution in [1.29, 1.82) is 0 Å². The van der Waals surface area contributed by atoms with Crippen molar-refractivity contribution in [3.05, 3.63) is 35.4 Å². The van der Waals surface area contributed by atoms with Crippen LogP contribution in [0.5, 0.6) is 0 Å². The van der Waals surface area contributed by atoms with Gasteiger partial charge >= 0.3 is 0 Å². The number of fused-ring (bicyclic) bond motifs is 1. The average Bonchev–Trinajstić information content (AvgIpc) is 2.39. The van der Waals surface area contributed by atoms with Crippen molar-refractivity contribution in [1.82, 2.24) is 4.90 Å². The van der Waals surface area contributed by atoms with Gasteiger partial charge in [0, 0.05) is 13.1 Å². The van der Waals surface area contributed by atoms with Gasteiger partial charge in [-0.15, -0.1) is 0 Å². The summed E-state index contributed by atoms with van der Waals surface area (Å²) in [6.07, 6.45) is 2.25. The molecule has 0 saturated carbocycles. The topological polar surface area (TPSA) is 38.5 Å². The molecule has 104 valence electrons. The van der Waals surface area contributed by atoms with Gasteiger partial charge in [-0.25, -0.2) is 0 Å². The molecule has 0 spiro atoms. The minimum absolute atomic E-state index is 0.144. The summed E-state index contributed by atoms with van der Waals surface area (Å²) in [5, 5.41) is 0. The standard InChI is InChI=1S/C15H22N2OS/c1-2-8-17(11-15(16)19)10-14-13-6-4-3-5-12(13)7-9-18-14/h3-6,14H,2,7-11H2,1H3,(H2,16,19). The molecule has 1 heterocycles. The Morgan fingerprint density at radius 3 is 3.00 bits per heavy atom. The molecule has 3 nitrogen and oxygen atoms in total.